The lowest BCUT2D eigenvalue weighted by molar-refractivity contribution is -0.767. The van der Waals surface area contributed by atoms with Gasteiger partial charge in [-0.25, -0.2) is 0 Å². The van der Waals surface area contributed by atoms with Crippen molar-refractivity contribution in [3.8, 4) is 0 Å². The van der Waals surface area contributed by atoms with Gasteiger partial charge in [0.05, 0.1) is 0 Å². The zero-order chi connectivity index (χ0) is 7.82. The summed E-state index contributed by atoms with van der Waals surface area (Å²) >= 11 is 0. The fraction of sp³-hybridized carbons (Fsp3) is 1.00. The molecular formula is C5H11NO4. The summed E-state index contributed by atoms with van der Waals surface area (Å²) < 4.78 is 4.72. The Morgan fingerprint density at radius 1 is 1.60 bits per heavy atom. The van der Waals surface area contributed by atoms with E-state index >= 15 is 0 Å². The van der Waals surface area contributed by atoms with Crippen molar-refractivity contribution in [3.05, 3.63) is 10.1 Å². The second kappa shape index (κ2) is 6.28. The zero-order valence-electron chi connectivity index (χ0n) is 5.91. The molecule has 0 N–H and O–H groups in total. The van der Waals surface area contributed by atoms with Crippen LogP contribution >= 0.6 is 0 Å². The topological polar surface area (TPSA) is 61.6 Å². The maximum Gasteiger partial charge on any atom is 0.296 e. The Labute approximate surface area is 59.0 Å². The third-order valence-electron chi connectivity index (χ3n) is 0.884. The Hall–Kier alpha value is -0.840. The van der Waals surface area contributed by atoms with Gasteiger partial charge in [0.15, 0.2) is 6.79 Å². The first kappa shape index (κ1) is 9.16. The first-order valence-corrected chi connectivity index (χ1v) is 3.12. The van der Waals surface area contributed by atoms with Gasteiger partial charge in [-0.3, -0.25) is 4.84 Å². The van der Waals surface area contributed by atoms with Crippen LogP contribution in [-0.4, -0.2) is 18.5 Å². The van der Waals surface area contributed by atoms with Crippen LogP contribution in [0.15, 0.2) is 0 Å². The number of hydrogen-bond donors (Lipinski definition) is 0. The third kappa shape index (κ3) is 7.16. The van der Waals surface area contributed by atoms with Gasteiger partial charge in [-0.2, -0.15) is 0 Å². The smallest absolute Gasteiger partial charge is 0.296 e. The highest BCUT2D eigenvalue weighted by Gasteiger charge is 1.91. The summed E-state index contributed by atoms with van der Waals surface area (Å²) in [5, 5.41) is 8.67. The van der Waals surface area contributed by atoms with E-state index in [0.717, 1.165) is 12.8 Å². The molecule has 0 aliphatic heterocycles. The fourth-order valence-electron chi connectivity index (χ4n) is 0.386. The summed E-state index contributed by atoms with van der Waals surface area (Å²) in [4.78, 5) is 13.4. The molecule has 0 bridgehead atoms. The maximum absolute atomic E-state index is 9.54. The second-order valence-corrected chi connectivity index (χ2v) is 1.73. The predicted molar refractivity (Wildman–Crippen MR) is 33.8 cm³/mol. The van der Waals surface area contributed by atoms with Crippen LogP contribution in [0.5, 0.6) is 0 Å². The molecule has 0 spiro atoms. The van der Waals surface area contributed by atoms with Crippen molar-refractivity contribution in [3.63, 3.8) is 0 Å². The molecule has 0 atom stereocenters. The molecule has 0 aromatic heterocycles. The monoisotopic (exact) mass is 149 g/mol. The van der Waals surface area contributed by atoms with E-state index in [1.165, 1.54) is 0 Å². The lowest BCUT2D eigenvalue weighted by atomic mass is 10.4. The van der Waals surface area contributed by atoms with Crippen LogP contribution in [0.3, 0.4) is 0 Å². The summed E-state index contributed by atoms with van der Waals surface area (Å²) in [5.41, 5.74) is 0. The molecule has 5 nitrogen and oxygen atoms in total. The standard InChI is InChI=1S/C5H11NO4/c1-2-3-4-9-5-10-6(7)8/h2-5H2,1H3. The van der Waals surface area contributed by atoms with Crippen molar-refractivity contribution in [1.29, 1.82) is 0 Å². The molecule has 0 aromatic rings. The average Bonchev–Trinajstić information content (AvgIpc) is 1.87. The number of nitrogens with zero attached hydrogens (tertiary/aromatic N) is 1. The van der Waals surface area contributed by atoms with Gasteiger partial charge in [-0.1, -0.05) is 13.3 Å². The van der Waals surface area contributed by atoms with Gasteiger partial charge in [-0.15, -0.1) is 10.1 Å². The largest absolute Gasteiger partial charge is 0.355 e. The molecule has 0 fully saturated rings. The summed E-state index contributed by atoms with van der Waals surface area (Å²) in [6.45, 7) is 2.27. The molecular weight excluding hydrogens is 138 g/mol. The van der Waals surface area contributed by atoms with Crippen LogP contribution in [0.2, 0.25) is 0 Å². The van der Waals surface area contributed by atoms with E-state index < -0.39 is 5.09 Å². The normalized spacial score (nSPS) is 9.30. The SMILES string of the molecule is CCCCOCO[N+](=O)[O-]. The molecule has 5 heteroatoms. The first-order chi connectivity index (χ1) is 4.77. The van der Waals surface area contributed by atoms with Crippen LogP contribution in [0.1, 0.15) is 19.8 Å². The lowest BCUT2D eigenvalue weighted by Crippen LogP contribution is -2.06. The molecule has 0 aromatic carbocycles. The molecule has 0 aliphatic carbocycles. The van der Waals surface area contributed by atoms with E-state index in [-0.39, 0.29) is 6.79 Å². The van der Waals surface area contributed by atoms with Crippen LogP contribution in [-0.2, 0) is 9.57 Å². The molecule has 0 saturated heterocycles. The van der Waals surface area contributed by atoms with Gasteiger partial charge in [-0.05, 0) is 6.42 Å². The van der Waals surface area contributed by atoms with Gasteiger partial charge in [0.1, 0.15) is 0 Å². The van der Waals surface area contributed by atoms with E-state index in [9.17, 15) is 10.1 Å². The highest BCUT2D eigenvalue weighted by molar-refractivity contribution is 4.27. The van der Waals surface area contributed by atoms with Gasteiger partial charge in [0.2, 0.25) is 0 Å². The molecule has 60 valence electrons. The molecule has 0 saturated carbocycles. The minimum absolute atomic E-state index is 0.257. The van der Waals surface area contributed by atoms with E-state index in [1.54, 1.807) is 0 Å². The number of unbranched alkanes of at least 4 members (excludes halogenated alkanes) is 1. The lowest BCUT2D eigenvalue weighted by Gasteiger charge is -1.99. The van der Waals surface area contributed by atoms with E-state index in [0.29, 0.717) is 6.61 Å². The highest BCUT2D eigenvalue weighted by atomic mass is 17.0. The Bertz CT molecular complexity index is 95.6. The van der Waals surface area contributed by atoms with Gasteiger partial charge in [0.25, 0.3) is 5.09 Å². The zero-order valence-corrected chi connectivity index (χ0v) is 5.91. The molecule has 0 heterocycles. The Morgan fingerprint density at radius 2 is 2.30 bits per heavy atom. The summed E-state index contributed by atoms with van der Waals surface area (Å²) in [6.07, 6.45) is 1.92. The molecule has 0 unspecified atom stereocenters. The minimum atomic E-state index is -0.869. The predicted octanol–water partition coefficient (Wildman–Crippen LogP) is 0.969. The van der Waals surface area contributed by atoms with E-state index in [4.69, 9.17) is 4.74 Å². The molecule has 10 heavy (non-hydrogen) atoms. The minimum Gasteiger partial charge on any atom is -0.355 e. The van der Waals surface area contributed by atoms with Crippen molar-refractivity contribution in [2.45, 2.75) is 19.8 Å². The van der Waals surface area contributed by atoms with Crippen LogP contribution in [0.25, 0.3) is 0 Å². The average molecular weight is 149 g/mol. The first-order valence-electron chi connectivity index (χ1n) is 3.12. The molecule has 0 amide bonds. The van der Waals surface area contributed by atoms with Crippen molar-refractivity contribution < 1.29 is 14.7 Å². The number of rotatable bonds is 6. The molecule has 0 radical (unpaired) electrons. The Kier molecular flexibility index (Phi) is 5.75. The second-order valence-electron chi connectivity index (χ2n) is 1.73. The van der Waals surface area contributed by atoms with Crippen molar-refractivity contribution >= 4 is 0 Å². The van der Waals surface area contributed by atoms with Gasteiger partial charge >= 0.3 is 0 Å². The Morgan fingerprint density at radius 3 is 2.80 bits per heavy atom. The van der Waals surface area contributed by atoms with Crippen molar-refractivity contribution in [2.75, 3.05) is 13.4 Å². The van der Waals surface area contributed by atoms with Crippen LogP contribution in [0, 0.1) is 10.1 Å². The van der Waals surface area contributed by atoms with Crippen LogP contribution < -0.4 is 0 Å². The Balaban J connectivity index is 2.84. The summed E-state index contributed by atoms with van der Waals surface area (Å²) in [7, 11) is 0. The van der Waals surface area contributed by atoms with E-state index in [1.807, 2.05) is 6.92 Å². The summed E-state index contributed by atoms with van der Waals surface area (Å²) in [6, 6.07) is 0. The van der Waals surface area contributed by atoms with Crippen LogP contribution in [0.4, 0.5) is 0 Å². The summed E-state index contributed by atoms with van der Waals surface area (Å²) in [5.74, 6) is 0. The number of hydrogen-bond acceptors (Lipinski definition) is 4. The fourth-order valence-corrected chi connectivity index (χ4v) is 0.386. The highest BCUT2D eigenvalue weighted by Crippen LogP contribution is 1.87. The van der Waals surface area contributed by atoms with Crippen molar-refractivity contribution in [2.24, 2.45) is 0 Å². The van der Waals surface area contributed by atoms with Gasteiger partial charge in [0, 0.05) is 6.61 Å². The molecule has 0 aliphatic rings. The maximum atomic E-state index is 9.54. The van der Waals surface area contributed by atoms with Gasteiger partial charge < -0.3 is 4.74 Å². The molecule has 0 rings (SSSR count). The van der Waals surface area contributed by atoms with E-state index in [2.05, 4.69) is 4.84 Å². The quantitative estimate of drug-likeness (QED) is 0.244. The van der Waals surface area contributed by atoms with Crippen molar-refractivity contribution in [1.82, 2.24) is 0 Å². The third-order valence-corrected chi connectivity index (χ3v) is 0.884. The number of ether oxygens (including phenoxy) is 1.